The van der Waals surface area contributed by atoms with Gasteiger partial charge in [-0.2, -0.15) is 13.2 Å². The molecule has 86 valence electrons. The van der Waals surface area contributed by atoms with Crippen molar-refractivity contribution in [3.63, 3.8) is 0 Å². The number of nitrogens with two attached hydrogens (primary N) is 1. The fourth-order valence-corrected chi connectivity index (χ4v) is 1.86. The standard InChI is InChI=1S/C11H11F3N2/c1-6-9(10(15)11(12,13)14)7-4-2-3-5-8(7)16-6/h2-5,10,16H,15H2,1H3/t10-/m0/s1. The number of rotatable bonds is 1. The average Bonchev–Trinajstić information content (AvgIpc) is 2.51. The lowest BCUT2D eigenvalue weighted by Crippen LogP contribution is -2.28. The molecule has 0 amide bonds. The first-order valence-corrected chi connectivity index (χ1v) is 4.80. The molecule has 5 heteroatoms. The van der Waals surface area contributed by atoms with E-state index < -0.39 is 12.2 Å². The number of alkyl halides is 3. The summed E-state index contributed by atoms with van der Waals surface area (Å²) in [6.45, 7) is 1.60. The quantitative estimate of drug-likeness (QED) is 0.773. The first-order chi connectivity index (χ1) is 7.41. The van der Waals surface area contributed by atoms with Crippen LogP contribution in [0, 0.1) is 6.92 Å². The second-order valence-corrected chi connectivity index (χ2v) is 3.73. The summed E-state index contributed by atoms with van der Waals surface area (Å²) in [5.41, 5.74) is 6.51. The minimum atomic E-state index is -4.42. The number of H-pyrrole nitrogens is 1. The molecule has 0 saturated heterocycles. The molecule has 1 atom stereocenters. The molecular formula is C11H11F3N2. The Morgan fingerprint density at radius 1 is 1.25 bits per heavy atom. The molecule has 1 aromatic carbocycles. The maximum Gasteiger partial charge on any atom is 0.407 e. The number of aryl methyl sites for hydroxylation is 1. The van der Waals surface area contributed by atoms with Gasteiger partial charge >= 0.3 is 6.18 Å². The number of aromatic amines is 1. The van der Waals surface area contributed by atoms with Gasteiger partial charge < -0.3 is 10.7 Å². The zero-order chi connectivity index (χ0) is 11.9. The molecule has 16 heavy (non-hydrogen) atoms. The van der Waals surface area contributed by atoms with Gasteiger partial charge in [-0.25, -0.2) is 0 Å². The van der Waals surface area contributed by atoms with Crippen LogP contribution in [-0.4, -0.2) is 11.2 Å². The van der Waals surface area contributed by atoms with Gasteiger partial charge in [-0.3, -0.25) is 0 Å². The molecule has 2 nitrogen and oxygen atoms in total. The van der Waals surface area contributed by atoms with E-state index in [1.165, 1.54) is 0 Å². The fourth-order valence-electron chi connectivity index (χ4n) is 1.86. The molecule has 0 spiro atoms. The van der Waals surface area contributed by atoms with Crippen molar-refractivity contribution in [2.24, 2.45) is 5.73 Å². The second kappa shape index (κ2) is 3.52. The summed E-state index contributed by atoms with van der Waals surface area (Å²) in [4.78, 5) is 2.90. The molecule has 0 bridgehead atoms. The van der Waals surface area contributed by atoms with Crippen molar-refractivity contribution in [2.75, 3.05) is 0 Å². The van der Waals surface area contributed by atoms with Crippen LogP contribution in [0.5, 0.6) is 0 Å². The smallest absolute Gasteiger partial charge is 0.358 e. The molecule has 0 aliphatic rings. The number of hydrogen-bond donors (Lipinski definition) is 2. The molecule has 0 aliphatic carbocycles. The number of nitrogens with one attached hydrogen (secondary N) is 1. The maximum atomic E-state index is 12.6. The van der Waals surface area contributed by atoms with E-state index in [1.54, 1.807) is 31.2 Å². The summed E-state index contributed by atoms with van der Waals surface area (Å²) < 4.78 is 37.7. The van der Waals surface area contributed by atoms with E-state index in [0.717, 1.165) is 0 Å². The second-order valence-electron chi connectivity index (χ2n) is 3.73. The molecule has 1 heterocycles. The normalized spacial score (nSPS) is 14.3. The zero-order valence-corrected chi connectivity index (χ0v) is 8.60. The van der Waals surface area contributed by atoms with Gasteiger partial charge in [0.05, 0.1) is 0 Å². The maximum absolute atomic E-state index is 12.6. The van der Waals surface area contributed by atoms with Crippen LogP contribution in [0.2, 0.25) is 0 Å². The lowest BCUT2D eigenvalue weighted by Gasteiger charge is -2.16. The van der Waals surface area contributed by atoms with Gasteiger partial charge in [0.25, 0.3) is 0 Å². The van der Waals surface area contributed by atoms with Gasteiger partial charge in [-0.1, -0.05) is 18.2 Å². The first kappa shape index (κ1) is 11.0. The summed E-state index contributed by atoms with van der Waals surface area (Å²) in [6, 6.07) is 4.89. The predicted octanol–water partition coefficient (Wildman–Crippen LogP) is 3.04. The molecule has 2 rings (SSSR count). The van der Waals surface area contributed by atoms with Gasteiger partial charge in [0, 0.05) is 22.2 Å². The van der Waals surface area contributed by atoms with Gasteiger partial charge in [0.2, 0.25) is 0 Å². The zero-order valence-electron chi connectivity index (χ0n) is 8.60. The summed E-state index contributed by atoms with van der Waals surface area (Å²) >= 11 is 0. The first-order valence-electron chi connectivity index (χ1n) is 4.80. The Bertz CT molecular complexity index is 513. The largest absolute Gasteiger partial charge is 0.407 e. The van der Waals surface area contributed by atoms with Gasteiger partial charge in [-0.05, 0) is 13.0 Å². The average molecular weight is 228 g/mol. The van der Waals surface area contributed by atoms with Crippen molar-refractivity contribution in [3.8, 4) is 0 Å². The lowest BCUT2D eigenvalue weighted by molar-refractivity contribution is -0.149. The predicted molar refractivity (Wildman–Crippen MR) is 56.0 cm³/mol. The van der Waals surface area contributed by atoms with E-state index in [4.69, 9.17) is 5.73 Å². The summed E-state index contributed by atoms with van der Waals surface area (Å²) in [7, 11) is 0. The number of para-hydroxylation sites is 1. The summed E-state index contributed by atoms with van der Waals surface area (Å²) in [6.07, 6.45) is -4.42. The number of halogens is 3. The van der Waals surface area contributed by atoms with Crippen molar-refractivity contribution in [3.05, 3.63) is 35.5 Å². The van der Waals surface area contributed by atoms with Gasteiger partial charge in [0.1, 0.15) is 6.04 Å². The Kier molecular flexibility index (Phi) is 2.42. The highest BCUT2D eigenvalue weighted by Gasteiger charge is 2.39. The SMILES string of the molecule is Cc1[nH]c2ccccc2c1[C@H](N)C(F)(F)F. The monoisotopic (exact) mass is 228 g/mol. The number of benzene rings is 1. The van der Waals surface area contributed by atoms with Crippen LogP contribution in [0.15, 0.2) is 24.3 Å². The van der Waals surface area contributed by atoms with Crippen LogP contribution < -0.4 is 5.73 Å². The van der Waals surface area contributed by atoms with Crippen LogP contribution in [0.1, 0.15) is 17.3 Å². The number of hydrogen-bond acceptors (Lipinski definition) is 1. The minimum Gasteiger partial charge on any atom is -0.358 e. The van der Waals surface area contributed by atoms with E-state index in [-0.39, 0.29) is 5.56 Å². The Labute approximate surface area is 90.3 Å². The summed E-state index contributed by atoms with van der Waals surface area (Å²) in [5.74, 6) is 0. The minimum absolute atomic E-state index is 0.128. The van der Waals surface area contributed by atoms with Crippen molar-refractivity contribution in [2.45, 2.75) is 19.1 Å². The van der Waals surface area contributed by atoms with Crippen molar-refractivity contribution >= 4 is 10.9 Å². The van der Waals surface area contributed by atoms with E-state index in [0.29, 0.717) is 16.6 Å². The van der Waals surface area contributed by atoms with E-state index in [2.05, 4.69) is 4.98 Å². The molecule has 0 saturated carbocycles. The Morgan fingerprint density at radius 2 is 1.88 bits per heavy atom. The lowest BCUT2D eigenvalue weighted by atomic mass is 10.0. The molecule has 0 radical (unpaired) electrons. The van der Waals surface area contributed by atoms with Crippen LogP contribution in [0.25, 0.3) is 10.9 Å². The molecule has 2 aromatic rings. The van der Waals surface area contributed by atoms with Crippen molar-refractivity contribution < 1.29 is 13.2 Å². The number of aromatic nitrogens is 1. The Hall–Kier alpha value is -1.49. The third kappa shape index (κ3) is 1.67. The van der Waals surface area contributed by atoms with Crippen molar-refractivity contribution in [1.29, 1.82) is 0 Å². The molecule has 0 unspecified atom stereocenters. The highest BCUT2D eigenvalue weighted by atomic mass is 19.4. The molecule has 3 N–H and O–H groups in total. The van der Waals surface area contributed by atoms with E-state index in [1.807, 2.05) is 0 Å². The van der Waals surface area contributed by atoms with E-state index in [9.17, 15) is 13.2 Å². The Balaban J connectivity index is 2.64. The molecule has 0 aliphatic heterocycles. The van der Waals surface area contributed by atoms with Crippen LogP contribution in [0.4, 0.5) is 13.2 Å². The van der Waals surface area contributed by atoms with Crippen molar-refractivity contribution in [1.82, 2.24) is 4.98 Å². The van der Waals surface area contributed by atoms with Gasteiger partial charge in [-0.15, -0.1) is 0 Å². The third-order valence-electron chi connectivity index (χ3n) is 2.61. The molecule has 0 fully saturated rings. The summed E-state index contributed by atoms with van der Waals surface area (Å²) in [5, 5.41) is 0.532. The topological polar surface area (TPSA) is 41.8 Å². The van der Waals surface area contributed by atoms with Crippen LogP contribution >= 0.6 is 0 Å². The fraction of sp³-hybridized carbons (Fsp3) is 0.273. The molecule has 1 aromatic heterocycles. The van der Waals surface area contributed by atoms with Crippen LogP contribution in [-0.2, 0) is 0 Å². The van der Waals surface area contributed by atoms with E-state index >= 15 is 0 Å². The third-order valence-corrected chi connectivity index (χ3v) is 2.61. The van der Waals surface area contributed by atoms with Gasteiger partial charge in [0.15, 0.2) is 0 Å². The Morgan fingerprint density at radius 3 is 2.50 bits per heavy atom. The van der Waals surface area contributed by atoms with Crippen LogP contribution in [0.3, 0.4) is 0 Å². The molecular weight excluding hydrogens is 217 g/mol. The highest BCUT2D eigenvalue weighted by molar-refractivity contribution is 5.85. The number of fused-ring (bicyclic) bond motifs is 1. The highest BCUT2D eigenvalue weighted by Crippen LogP contribution is 2.36.